The van der Waals surface area contributed by atoms with E-state index in [-0.39, 0.29) is 0 Å². The third kappa shape index (κ3) is 3.58. The normalized spacial score (nSPS) is 21.2. The van der Waals surface area contributed by atoms with Gasteiger partial charge in [-0.3, -0.25) is 0 Å². The van der Waals surface area contributed by atoms with Gasteiger partial charge in [0.15, 0.2) is 5.58 Å². The number of fused-ring (bicyclic) bond motifs is 1. The molecule has 4 heteroatoms. The monoisotopic (exact) mass is 323 g/mol. The van der Waals surface area contributed by atoms with Crippen molar-refractivity contribution >= 4 is 22.8 Å². The van der Waals surface area contributed by atoms with E-state index in [1.165, 1.54) is 18.4 Å². The summed E-state index contributed by atoms with van der Waals surface area (Å²) < 4.78 is 5.60. The van der Waals surface area contributed by atoms with Crippen LogP contribution < -0.4 is 5.43 Å². The maximum absolute atomic E-state index is 5.60. The number of aromatic nitrogens is 1. The van der Waals surface area contributed by atoms with E-state index in [9.17, 15) is 0 Å². The number of rotatable bonds is 4. The van der Waals surface area contributed by atoms with E-state index < -0.39 is 0 Å². The molecule has 24 heavy (non-hydrogen) atoms. The zero-order valence-corrected chi connectivity index (χ0v) is 14.8. The second-order valence-electron chi connectivity index (χ2n) is 7.16. The molecular weight excluding hydrogens is 298 g/mol. The van der Waals surface area contributed by atoms with Crippen molar-refractivity contribution in [2.24, 2.45) is 16.4 Å². The molecule has 2 aromatic rings. The van der Waals surface area contributed by atoms with Crippen LogP contribution in [0.15, 0.2) is 57.6 Å². The molecule has 1 N–H and O–H groups in total. The lowest BCUT2D eigenvalue weighted by atomic mass is 9.68. The van der Waals surface area contributed by atoms with Crippen molar-refractivity contribution < 1.29 is 4.42 Å². The standard InChI is InChI=1S/C20H25N3O/c1-14-8-7-13-20(3,4)16(14)12-11-15(2)22-23-19-21-17-9-5-6-10-18(17)24-19/h5-6,8-12,16H,7,13H2,1-4H3,(H,21,23)/b12-11+,22-15-/t16-/m0/s1. The van der Waals surface area contributed by atoms with E-state index in [0.29, 0.717) is 17.3 Å². The smallest absolute Gasteiger partial charge is 0.316 e. The molecule has 4 nitrogen and oxygen atoms in total. The highest BCUT2D eigenvalue weighted by Crippen LogP contribution is 2.41. The van der Waals surface area contributed by atoms with Crippen molar-refractivity contribution in [3.8, 4) is 0 Å². The SMILES string of the molecule is CC1=CCCC(C)(C)[C@H]1/C=C/C(C)=N\Nc1nc2ccccc2o1. The van der Waals surface area contributed by atoms with Crippen molar-refractivity contribution in [1.29, 1.82) is 0 Å². The lowest BCUT2D eigenvalue weighted by Crippen LogP contribution is -2.26. The Hall–Kier alpha value is -2.36. The van der Waals surface area contributed by atoms with Crippen LogP contribution in [0.3, 0.4) is 0 Å². The van der Waals surface area contributed by atoms with Gasteiger partial charge in [0.1, 0.15) is 5.52 Å². The first kappa shape index (κ1) is 16.5. The van der Waals surface area contributed by atoms with Gasteiger partial charge in [-0.25, -0.2) is 5.43 Å². The first-order chi connectivity index (χ1) is 11.5. The average Bonchev–Trinajstić information content (AvgIpc) is 2.94. The topological polar surface area (TPSA) is 50.4 Å². The molecular formula is C20H25N3O. The van der Waals surface area contributed by atoms with Gasteiger partial charge < -0.3 is 4.42 Å². The average molecular weight is 323 g/mol. The summed E-state index contributed by atoms with van der Waals surface area (Å²) in [7, 11) is 0. The molecule has 1 aliphatic rings. The van der Waals surface area contributed by atoms with Gasteiger partial charge in [-0.15, -0.1) is 0 Å². The lowest BCUT2D eigenvalue weighted by Gasteiger charge is -2.36. The first-order valence-corrected chi connectivity index (χ1v) is 8.46. The predicted molar refractivity (Wildman–Crippen MR) is 100 cm³/mol. The summed E-state index contributed by atoms with van der Waals surface area (Å²) in [6.07, 6.45) is 9.08. The van der Waals surface area contributed by atoms with Crippen LogP contribution >= 0.6 is 0 Å². The summed E-state index contributed by atoms with van der Waals surface area (Å²) in [6.45, 7) is 8.86. The van der Waals surface area contributed by atoms with Crippen LogP contribution in [0.5, 0.6) is 0 Å². The van der Waals surface area contributed by atoms with Crippen molar-refractivity contribution in [1.82, 2.24) is 4.98 Å². The highest BCUT2D eigenvalue weighted by atomic mass is 16.4. The molecule has 0 bridgehead atoms. The van der Waals surface area contributed by atoms with Crippen molar-refractivity contribution in [3.05, 3.63) is 48.1 Å². The van der Waals surface area contributed by atoms with E-state index >= 15 is 0 Å². The first-order valence-electron chi connectivity index (χ1n) is 8.46. The third-order valence-electron chi connectivity index (χ3n) is 4.74. The summed E-state index contributed by atoms with van der Waals surface area (Å²) in [5, 5.41) is 4.35. The fourth-order valence-electron chi connectivity index (χ4n) is 3.31. The molecule has 1 aliphatic carbocycles. The highest BCUT2D eigenvalue weighted by molar-refractivity contribution is 5.93. The quantitative estimate of drug-likeness (QED) is 0.455. The number of nitrogens with one attached hydrogen (secondary N) is 1. The minimum atomic E-state index is 0.295. The Morgan fingerprint density at radius 1 is 1.38 bits per heavy atom. The van der Waals surface area contributed by atoms with Gasteiger partial charge in [0.25, 0.3) is 0 Å². The Morgan fingerprint density at radius 3 is 2.92 bits per heavy atom. The number of anilines is 1. The maximum Gasteiger partial charge on any atom is 0.316 e. The van der Waals surface area contributed by atoms with Gasteiger partial charge in [-0.1, -0.05) is 43.7 Å². The van der Waals surface area contributed by atoms with E-state index in [2.05, 4.69) is 54.5 Å². The third-order valence-corrected chi connectivity index (χ3v) is 4.74. The molecule has 0 saturated carbocycles. The minimum Gasteiger partial charge on any atom is -0.422 e. The highest BCUT2D eigenvalue weighted by Gasteiger charge is 2.30. The molecule has 0 radical (unpaired) electrons. The van der Waals surface area contributed by atoms with Gasteiger partial charge in [0, 0.05) is 5.92 Å². The van der Waals surface area contributed by atoms with E-state index in [0.717, 1.165) is 16.8 Å². The van der Waals surface area contributed by atoms with Crippen molar-refractivity contribution in [2.45, 2.75) is 40.5 Å². The molecule has 0 saturated heterocycles. The van der Waals surface area contributed by atoms with Crippen LogP contribution in [0.4, 0.5) is 6.01 Å². The van der Waals surface area contributed by atoms with Gasteiger partial charge in [0.05, 0.1) is 5.71 Å². The second kappa shape index (κ2) is 6.63. The number of nitrogens with zero attached hydrogens (tertiary/aromatic N) is 2. The van der Waals surface area contributed by atoms with Crippen LogP contribution in [0, 0.1) is 11.3 Å². The molecule has 0 aliphatic heterocycles. The van der Waals surface area contributed by atoms with Crippen LogP contribution in [0.2, 0.25) is 0 Å². The number of hydrogen-bond acceptors (Lipinski definition) is 4. The van der Waals surface area contributed by atoms with E-state index in [1.54, 1.807) is 0 Å². The molecule has 126 valence electrons. The molecule has 1 aromatic carbocycles. The van der Waals surface area contributed by atoms with Crippen LogP contribution in [-0.2, 0) is 0 Å². The molecule has 1 heterocycles. The minimum absolute atomic E-state index is 0.295. The number of para-hydroxylation sites is 2. The van der Waals surface area contributed by atoms with E-state index in [1.807, 2.05) is 31.2 Å². The zero-order chi connectivity index (χ0) is 17.2. The van der Waals surface area contributed by atoms with Gasteiger partial charge in [-0.2, -0.15) is 10.1 Å². The number of hydrogen-bond donors (Lipinski definition) is 1. The maximum atomic E-state index is 5.60. The van der Waals surface area contributed by atoms with Crippen LogP contribution in [0.1, 0.15) is 40.5 Å². The number of oxazole rings is 1. The molecule has 1 aromatic heterocycles. The molecule has 1 atom stereocenters. The zero-order valence-electron chi connectivity index (χ0n) is 14.8. The Kier molecular flexibility index (Phi) is 4.56. The Labute approximate surface area is 143 Å². The fourth-order valence-corrected chi connectivity index (χ4v) is 3.31. The number of benzene rings is 1. The van der Waals surface area contributed by atoms with Crippen molar-refractivity contribution in [3.63, 3.8) is 0 Å². The van der Waals surface area contributed by atoms with Gasteiger partial charge in [0.2, 0.25) is 0 Å². The summed E-state index contributed by atoms with van der Waals surface area (Å²) in [5.41, 5.74) is 7.12. The molecule has 3 rings (SSSR count). The van der Waals surface area contributed by atoms with E-state index in [4.69, 9.17) is 4.42 Å². The van der Waals surface area contributed by atoms with Crippen LogP contribution in [-0.4, -0.2) is 10.7 Å². The fraction of sp³-hybridized carbons (Fsp3) is 0.400. The van der Waals surface area contributed by atoms with Crippen molar-refractivity contribution in [2.75, 3.05) is 5.43 Å². The number of hydrazone groups is 1. The van der Waals surface area contributed by atoms with Gasteiger partial charge in [-0.05, 0) is 50.3 Å². The molecule has 0 spiro atoms. The largest absolute Gasteiger partial charge is 0.422 e. The molecule has 0 amide bonds. The second-order valence-corrected chi connectivity index (χ2v) is 7.16. The summed E-state index contributed by atoms with van der Waals surface area (Å²) >= 11 is 0. The van der Waals surface area contributed by atoms with Crippen LogP contribution in [0.25, 0.3) is 11.1 Å². The lowest BCUT2D eigenvalue weighted by molar-refractivity contribution is 0.255. The summed E-state index contributed by atoms with van der Waals surface area (Å²) in [5.74, 6) is 0.459. The Morgan fingerprint density at radius 2 is 2.17 bits per heavy atom. The Bertz CT molecular complexity index is 778. The summed E-state index contributed by atoms with van der Waals surface area (Å²) in [6, 6.07) is 8.09. The number of allylic oxidation sites excluding steroid dienone is 4. The Balaban J connectivity index is 1.69. The molecule has 0 unspecified atom stereocenters. The molecule has 0 fully saturated rings. The predicted octanol–water partition coefficient (Wildman–Crippen LogP) is 5.55. The van der Waals surface area contributed by atoms with Gasteiger partial charge >= 0.3 is 6.01 Å². The summed E-state index contributed by atoms with van der Waals surface area (Å²) in [4.78, 5) is 4.35.